The zero-order chi connectivity index (χ0) is 9.52. The highest BCUT2D eigenvalue weighted by Crippen LogP contribution is 2.09. The lowest BCUT2D eigenvalue weighted by atomic mass is 10.3. The molecule has 0 bridgehead atoms. The summed E-state index contributed by atoms with van der Waals surface area (Å²) in [7, 11) is 0. The van der Waals surface area contributed by atoms with Crippen molar-refractivity contribution < 1.29 is 0 Å². The van der Waals surface area contributed by atoms with E-state index in [2.05, 4.69) is 28.5 Å². The molecule has 0 aliphatic rings. The Morgan fingerprint density at radius 1 is 1.54 bits per heavy atom. The molecule has 3 nitrogen and oxygen atoms in total. The summed E-state index contributed by atoms with van der Waals surface area (Å²) in [6.07, 6.45) is 8.39. The molecular formula is C9H15N3S. The van der Waals surface area contributed by atoms with E-state index in [1.807, 2.05) is 11.8 Å². The third kappa shape index (κ3) is 4.12. The van der Waals surface area contributed by atoms with Crippen molar-refractivity contribution in [2.45, 2.75) is 18.6 Å². The maximum absolute atomic E-state index is 4.12. The highest BCUT2D eigenvalue weighted by Gasteiger charge is 1.98. The second-order valence-corrected chi connectivity index (χ2v) is 4.13. The molecule has 1 aromatic heterocycles. The average molecular weight is 197 g/mol. The van der Waals surface area contributed by atoms with Gasteiger partial charge in [-0.2, -0.15) is 11.8 Å². The van der Waals surface area contributed by atoms with Gasteiger partial charge in [-0.3, -0.25) is 4.98 Å². The lowest BCUT2D eigenvalue weighted by molar-refractivity contribution is 0.849. The van der Waals surface area contributed by atoms with Crippen LogP contribution in [-0.4, -0.2) is 28.0 Å². The third-order valence-electron chi connectivity index (χ3n) is 1.82. The minimum absolute atomic E-state index is 0.698. The Kier molecular flexibility index (Phi) is 4.60. The van der Waals surface area contributed by atoms with E-state index in [0.29, 0.717) is 5.25 Å². The summed E-state index contributed by atoms with van der Waals surface area (Å²) < 4.78 is 0. The number of nitrogens with zero attached hydrogens (tertiary/aromatic N) is 2. The Labute approximate surface area is 83.4 Å². The summed E-state index contributed by atoms with van der Waals surface area (Å²) in [4.78, 5) is 8.09. The molecule has 1 atom stereocenters. The van der Waals surface area contributed by atoms with E-state index < -0.39 is 0 Å². The molecule has 0 fully saturated rings. The fourth-order valence-electron chi connectivity index (χ4n) is 0.912. The first-order valence-electron chi connectivity index (χ1n) is 4.35. The van der Waals surface area contributed by atoms with Gasteiger partial charge in [-0.25, -0.2) is 4.98 Å². The standard InChI is InChI=1S/C9H15N3S/c1-8(13-2)3-4-11-9-7-10-5-6-12-9/h5-8H,3-4H2,1-2H3,(H,11,12). The molecule has 0 aromatic carbocycles. The third-order valence-corrected chi connectivity index (χ3v) is 2.86. The minimum atomic E-state index is 0.698. The molecule has 0 saturated heterocycles. The molecule has 0 aliphatic heterocycles. The number of hydrogen-bond donors (Lipinski definition) is 1. The maximum atomic E-state index is 4.12. The Bertz CT molecular complexity index is 228. The van der Waals surface area contributed by atoms with Crippen molar-refractivity contribution in [3.8, 4) is 0 Å². The van der Waals surface area contributed by atoms with Crippen LogP contribution >= 0.6 is 11.8 Å². The first-order chi connectivity index (χ1) is 6.33. The van der Waals surface area contributed by atoms with Gasteiger partial charge in [0.15, 0.2) is 0 Å². The Balaban J connectivity index is 2.20. The first kappa shape index (κ1) is 10.3. The molecule has 0 radical (unpaired) electrons. The molecule has 0 amide bonds. The van der Waals surface area contributed by atoms with Crippen molar-refractivity contribution in [3.05, 3.63) is 18.6 Å². The zero-order valence-electron chi connectivity index (χ0n) is 8.03. The maximum Gasteiger partial charge on any atom is 0.144 e. The van der Waals surface area contributed by atoms with Gasteiger partial charge < -0.3 is 5.32 Å². The molecule has 1 unspecified atom stereocenters. The number of aromatic nitrogens is 2. The highest BCUT2D eigenvalue weighted by molar-refractivity contribution is 7.99. The minimum Gasteiger partial charge on any atom is -0.369 e. The topological polar surface area (TPSA) is 37.8 Å². The van der Waals surface area contributed by atoms with Crippen molar-refractivity contribution in [3.63, 3.8) is 0 Å². The van der Waals surface area contributed by atoms with Gasteiger partial charge in [0.05, 0.1) is 6.20 Å². The molecule has 0 spiro atoms. The van der Waals surface area contributed by atoms with Crippen LogP contribution in [-0.2, 0) is 0 Å². The van der Waals surface area contributed by atoms with E-state index in [1.165, 1.54) is 0 Å². The Morgan fingerprint density at radius 2 is 2.38 bits per heavy atom. The average Bonchev–Trinajstić information content (AvgIpc) is 2.19. The molecule has 1 N–H and O–H groups in total. The van der Waals surface area contributed by atoms with Crippen LogP contribution in [0.2, 0.25) is 0 Å². The van der Waals surface area contributed by atoms with Crippen LogP contribution in [0, 0.1) is 0 Å². The van der Waals surface area contributed by atoms with E-state index in [0.717, 1.165) is 18.8 Å². The van der Waals surface area contributed by atoms with Crippen LogP contribution in [0.4, 0.5) is 5.82 Å². The Morgan fingerprint density at radius 3 is 3.00 bits per heavy atom. The van der Waals surface area contributed by atoms with Gasteiger partial charge in [0.25, 0.3) is 0 Å². The normalized spacial score (nSPS) is 12.5. The van der Waals surface area contributed by atoms with E-state index >= 15 is 0 Å². The predicted octanol–water partition coefficient (Wildman–Crippen LogP) is 2.03. The van der Waals surface area contributed by atoms with E-state index in [9.17, 15) is 0 Å². The summed E-state index contributed by atoms with van der Waals surface area (Å²) in [6, 6.07) is 0. The largest absolute Gasteiger partial charge is 0.369 e. The fourth-order valence-corrected chi connectivity index (χ4v) is 1.27. The molecule has 1 aromatic rings. The quantitative estimate of drug-likeness (QED) is 0.783. The van der Waals surface area contributed by atoms with Crippen molar-refractivity contribution in [2.24, 2.45) is 0 Å². The lowest BCUT2D eigenvalue weighted by Crippen LogP contribution is -2.08. The van der Waals surface area contributed by atoms with Crippen molar-refractivity contribution in [1.29, 1.82) is 0 Å². The second-order valence-electron chi connectivity index (χ2n) is 2.85. The summed E-state index contributed by atoms with van der Waals surface area (Å²) >= 11 is 1.88. The van der Waals surface area contributed by atoms with Crippen molar-refractivity contribution in [1.82, 2.24) is 9.97 Å². The van der Waals surface area contributed by atoms with Crippen LogP contribution in [0.15, 0.2) is 18.6 Å². The molecule has 0 saturated carbocycles. The van der Waals surface area contributed by atoms with E-state index in [-0.39, 0.29) is 0 Å². The zero-order valence-corrected chi connectivity index (χ0v) is 8.84. The lowest BCUT2D eigenvalue weighted by Gasteiger charge is -2.08. The van der Waals surface area contributed by atoms with Gasteiger partial charge >= 0.3 is 0 Å². The smallest absolute Gasteiger partial charge is 0.144 e. The summed E-state index contributed by atoms with van der Waals surface area (Å²) in [6.45, 7) is 3.18. The van der Waals surface area contributed by atoms with Gasteiger partial charge in [0, 0.05) is 24.2 Å². The molecule has 13 heavy (non-hydrogen) atoms. The van der Waals surface area contributed by atoms with Crippen LogP contribution < -0.4 is 5.32 Å². The second kappa shape index (κ2) is 5.80. The SMILES string of the molecule is CSC(C)CCNc1cnccn1. The Hall–Kier alpha value is -0.770. The molecule has 72 valence electrons. The van der Waals surface area contributed by atoms with Crippen molar-refractivity contribution in [2.75, 3.05) is 18.1 Å². The van der Waals surface area contributed by atoms with Crippen molar-refractivity contribution >= 4 is 17.6 Å². The molecule has 0 aliphatic carbocycles. The van der Waals surface area contributed by atoms with Crippen LogP contribution in [0.1, 0.15) is 13.3 Å². The van der Waals surface area contributed by atoms with Gasteiger partial charge in [-0.1, -0.05) is 6.92 Å². The van der Waals surface area contributed by atoms with Gasteiger partial charge in [0.1, 0.15) is 5.82 Å². The van der Waals surface area contributed by atoms with Gasteiger partial charge in [-0.15, -0.1) is 0 Å². The van der Waals surface area contributed by atoms with E-state index in [1.54, 1.807) is 18.6 Å². The van der Waals surface area contributed by atoms with Crippen LogP contribution in [0.5, 0.6) is 0 Å². The summed E-state index contributed by atoms with van der Waals surface area (Å²) in [5.41, 5.74) is 0. The summed E-state index contributed by atoms with van der Waals surface area (Å²) in [5, 5.41) is 3.92. The van der Waals surface area contributed by atoms with Gasteiger partial charge in [0.2, 0.25) is 0 Å². The fraction of sp³-hybridized carbons (Fsp3) is 0.556. The number of thioether (sulfide) groups is 1. The number of nitrogens with one attached hydrogen (secondary N) is 1. The molecule has 1 heterocycles. The number of rotatable bonds is 5. The summed E-state index contributed by atoms with van der Waals surface area (Å²) in [5.74, 6) is 0.857. The molecule has 4 heteroatoms. The number of hydrogen-bond acceptors (Lipinski definition) is 4. The van der Waals surface area contributed by atoms with Crippen LogP contribution in [0.3, 0.4) is 0 Å². The van der Waals surface area contributed by atoms with Crippen LogP contribution in [0.25, 0.3) is 0 Å². The van der Waals surface area contributed by atoms with E-state index in [4.69, 9.17) is 0 Å². The molecule has 1 rings (SSSR count). The highest BCUT2D eigenvalue weighted by atomic mass is 32.2. The van der Waals surface area contributed by atoms with Gasteiger partial charge in [-0.05, 0) is 12.7 Å². The monoisotopic (exact) mass is 197 g/mol. The number of anilines is 1. The predicted molar refractivity (Wildman–Crippen MR) is 58.1 cm³/mol. The first-order valence-corrected chi connectivity index (χ1v) is 5.64. The molecular weight excluding hydrogens is 182 g/mol.